The van der Waals surface area contributed by atoms with Crippen molar-refractivity contribution in [1.82, 2.24) is 15.1 Å². The van der Waals surface area contributed by atoms with Crippen LogP contribution in [0.5, 0.6) is 0 Å². The van der Waals surface area contributed by atoms with E-state index in [-0.39, 0.29) is 11.9 Å². The van der Waals surface area contributed by atoms with E-state index in [1.165, 1.54) is 4.90 Å². The normalized spacial score (nSPS) is 20.1. The van der Waals surface area contributed by atoms with Crippen molar-refractivity contribution >= 4 is 12.0 Å². The lowest BCUT2D eigenvalue weighted by Crippen LogP contribution is -2.70. The van der Waals surface area contributed by atoms with Crippen LogP contribution < -0.4 is 5.32 Å². The van der Waals surface area contributed by atoms with Crippen molar-refractivity contribution in [2.24, 2.45) is 0 Å². The molecule has 2 aliphatic heterocycles. The highest BCUT2D eigenvalue weighted by molar-refractivity contribution is 5.94. The lowest BCUT2D eigenvalue weighted by molar-refractivity contribution is -0.00868. The fraction of sp³-hybridized carbons (Fsp3) is 0.429. The fourth-order valence-corrected chi connectivity index (χ4v) is 2.60. The van der Waals surface area contributed by atoms with Crippen molar-refractivity contribution in [3.63, 3.8) is 0 Å². The van der Waals surface area contributed by atoms with Gasteiger partial charge < -0.3 is 15.3 Å². The number of hydrogen-bond donors (Lipinski definition) is 2. The molecule has 3 rings (SSSR count). The third-order valence-corrected chi connectivity index (χ3v) is 3.93. The van der Waals surface area contributed by atoms with Crippen LogP contribution in [0.25, 0.3) is 0 Å². The molecule has 0 bridgehead atoms. The zero-order valence-corrected chi connectivity index (χ0v) is 11.0. The minimum absolute atomic E-state index is 0.0454. The Bertz CT molecular complexity index is 508. The number of hydrogen-bond acceptors (Lipinski definition) is 3. The Morgan fingerprint density at radius 1 is 1.10 bits per heavy atom. The number of nitrogens with zero attached hydrogens (tertiary/aromatic N) is 2. The van der Waals surface area contributed by atoms with Gasteiger partial charge in [-0.2, -0.15) is 0 Å². The first-order valence-corrected chi connectivity index (χ1v) is 6.71. The van der Waals surface area contributed by atoms with Gasteiger partial charge in [0.25, 0.3) is 5.91 Å². The van der Waals surface area contributed by atoms with E-state index in [0.717, 1.165) is 13.1 Å². The Morgan fingerprint density at radius 3 is 2.35 bits per heavy atom. The molecule has 6 heteroatoms. The number of nitrogens with one attached hydrogen (secondary N) is 1. The molecule has 2 N–H and O–H groups in total. The summed E-state index contributed by atoms with van der Waals surface area (Å²) < 4.78 is 0. The van der Waals surface area contributed by atoms with Crippen LogP contribution in [0.1, 0.15) is 10.4 Å². The van der Waals surface area contributed by atoms with Gasteiger partial charge in [-0.15, -0.1) is 0 Å². The van der Waals surface area contributed by atoms with Crippen molar-refractivity contribution in [3.05, 3.63) is 35.9 Å². The summed E-state index contributed by atoms with van der Waals surface area (Å²) in [6, 6.07) is 9.64. The topological polar surface area (TPSA) is 72.9 Å². The number of amides is 2. The molecule has 0 atom stereocenters. The Kier molecular flexibility index (Phi) is 3.31. The van der Waals surface area contributed by atoms with Gasteiger partial charge in [-0.3, -0.25) is 9.69 Å². The number of likely N-dealkylation sites (tertiary alicyclic amines) is 2. The van der Waals surface area contributed by atoms with E-state index in [1.54, 1.807) is 12.1 Å². The number of rotatable bonds is 3. The lowest BCUT2D eigenvalue weighted by atomic mass is 10.00. The van der Waals surface area contributed by atoms with E-state index in [4.69, 9.17) is 5.11 Å². The SMILES string of the molecule is O=C(NC1CN(C2CN(C(=O)O)C2)C1)c1ccccc1. The Hall–Kier alpha value is -2.08. The maximum absolute atomic E-state index is 11.9. The van der Waals surface area contributed by atoms with Crippen molar-refractivity contribution in [2.45, 2.75) is 12.1 Å². The molecule has 0 saturated carbocycles. The first-order valence-electron chi connectivity index (χ1n) is 6.71. The van der Waals surface area contributed by atoms with Crippen LogP contribution in [-0.2, 0) is 0 Å². The lowest BCUT2D eigenvalue weighted by Gasteiger charge is -2.51. The molecule has 1 aromatic rings. The Balaban J connectivity index is 1.41. The highest BCUT2D eigenvalue weighted by Gasteiger charge is 2.40. The molecule has 6 nitrogen and oxygen atoms in total. The minimum atomic E-state index is -0.851. The van der Waals surface area contributed by atoms with E-state index >= 15 is 0 Å². The summed E-state index contributed by atoms with van der Waals surface area (Å²) in [5.41, 5.74) is 0.673. The van der Waals surface area contributed by atoms with Crippen LogP contribution in [0, 0.1) is 0 Å². The second-order valence-corrected chi connectivity index (χ2v) is 5.33. The standard InChI is InChI=1S/C14H17N3O3/c18-13(10-4-2-1-3-5-10)15-11-6-16(7-11)12-8-17(9-12)14(19)20/h1-5,11-12H,6-9H2,(H,15,18)(H,19,20). The van der Waals surface area contributed by atoms with Gasteiger partial charge in [-0.05, 0) is 12.1 Å². The number of carbonyl (C=O) groups is 2. The molecular formula is C14H17N3O3. The van der Waals surface area contributed by atoms with Gasteiger partial charge in [0.15, 0.2) is 0 Å². The largest absolute Gasteiger partial charge is 0.465 e. The Morgan fingerprint density at radius 2 is 1.75 bits per heavy atom. The molecule has 0 unspecified atom stereocenters. The zero-order chi connectivity index (χ0) is 14.1. The summed E-state index contributed by atoms with van der Waals surface area (Å²) in [5.74, 6) is -0.0454. The predicted octanol–water partition coefficient (Wildman–Crippen LogP) is 0.463. The summed E-state index contributed by atoms with van der Waals surface area (Å²) >= 11 is 0. The molecular weight excluding hydrogens is 258 g/mol. The maximum Gasteiger partial charge on any atom is 0.407 e. The first-order chi connectivity index (χ1) is 9.63. The van der Waals surface area contributed by atoms with E-state index < -0.39 is 6.09 Å². The highest BCUT2D eigenvalue weighted by Crippen LogP contribution is 2.21. The van der Waals surface area contributed by atoms with Gasteiger partial charge in [0.2, 0.25) is 0 Å². The molecule has 106 valence electrons. The molecule has 0 aliphatic carbocycles. The van der Waals surface area contributed by atoms with Gasteiger partial charge in [0.05, 0.1) is 6.04 Å². The van der Waals surface area contributed by atoms with Gasteiger partial charge >= 0.3 is 6.09 Å². The van der Waals surface area contributed by atoms with Gasteiger partial charge in [-0.1, -0.05) is 18.2 Å². The number of carboxylic acid groups (broad SMARTS) is 1. The Labute approximate surface area is 117 Å². The molecule has 2 heterocycles. The summed E-state index contributed by atoms with van der Waals surface area (Å²) in [6.07, 6.45) is -0.851. The quantitative estimate of drug-likeness (QED) is 0.840. The third-order valence-electron chi connectivity index (χ3n) is 3.93. The minimum Gasteiger partial charge on any atom is -0.465 e. The number of carbonyl (C=O) groups excluding carboxylic acids is 1. The van der Waals surface area contributed by atoms with Crippen molar-refractivity contribution < 1.29 is 14.7 Å². The van der Waals surface area contributed by atoms with Crippen LogP contribution in [0.2, 0.25) is 0 Å². The van der Waals surface area contributed by atoms with E-state index in [0.29, 0.717) is 24.7 Å². The highest BCUT2D eigenvalue weighted by atomic mass is 16.4. The molecule has 0 radical (unpaired) electrons. The summed E-state index contributed by atoms with van der Waals surface area (Å²) in [7, 11) is 0. The molecule has 2 fully saturated rings. The summed E-state index contributed by atoms with van der Waals surface area (Å²) in [4.78, 5) is 26.2. The van der Waals surface area contributed by atoms with Gasteiger partial charge in [-0.25, -0.2) is 4.79 Å². The summed E-state index contributed by atoms with van der Waals surface area (Å²) in [6.45, 7) is 2.76. The van der Waals surface area contributed by atoms with Crippen LogP contribution in [0.3, 0.4) is 0 Å². The van der Waals surface area contributed by atoms with Crippen LogP contribution in [0.15, 0.2) is 30.3 Å². The fourth-order valence-electron chi connectivity index (χ4n) is 2.60. The predicted molar refractivity (Wildman–Crippen MR) is 72.7 cm³/mol. The number of benzene rings is 1. The smallest absolute Gasteiger partial charge is 0.407 e. The second kappa shape index (κ2) is 5.13. The average Bonchev–Trinajstić information content (AvgIpc) is 2.34. The maximum atomic E-state index is 11.9. The molecule has 2 saturated heterocycles. The molecule has 2 aliphatic rings. The van der Waals surface area contributed by atoms with E-state index in [9.17, 15) is 9.59 Å². The summed E-state index contributed by atoms with van der Waals surface area (Å²) in [5, 5.41) is 11.8. The first kappa shape index (κ1) is 12.9. The van der Waals surface area contributed by atoms with Crippen LogP contribution >= 0.6 is 0 Å². The monoisotopic (exact) mass is 275 g/mol. The van der Waals surface area contributed by atoms with E-state index in [2.05, 4.69) is 10.2 Å². The molecule has 2 amide bonds. The molecule has 0 aromatic heterocycles. The molecule has 1 aromatic carbocycles. The van der Waals surface area contributed by atoms with Crippen LogP contribution in [0.4, 0.5) is 4.79 Å². The average molecular weight is 275 g/mol. The zero-order valence-electron chi connectivity index (χ0n) is 11.0. The van der Waals surface area contributed by atoms with E-state index in [1.807, 2.05) is 18.2 Å². The molecule has 20 heavy (non-hydrogen) atoms. The van der Waals surface area contributed by atoms with Crippen molar-refractivity contribution in [1.29, 1.82) is 0 Å². The third kappa shape index (κ3) is 2.46. The second-order valence-electron chi connectivity index (χ2n) is 5.33. The van der Waals surface area contributed by atoms with Crippen LogP contribution in [-0.4, -0.2) is 65.2 Å². The van der Waals surface area contributed by atoms with Gasteiger partial charge in [0, 0.05) is 37.8 Å². The van der Waals surface area contributed by atoms with Gasteiger partial charge in [0.1, 0.15) is 0 Å². The van der Waals surface area contributed by atoms with Crippen molar-refractivity contribution in [2.75, 3.05) is 26.2 Å². The molecule has 0 spiro atoms. The van der Waals surface area contributed by atoms with Crippen molar-refractivity contribution in [3.8, 4) is 0 Å².